The lowest BCUT2D eigenvalue weighted by atomic mass is 9.99. The summed E-state index contributed by atoms with van der Waals surface area (Å²) >= 11 is 5.80. The molecule has 2 fully saturated rings. The van der Waals surface area contributed by atoms with Crippen molar-refractivity contribution in [2.24, 2.45) is 0 Å². The first-order valence-electron chi connectivity index (χ1n) is 6.87. The summed E-state index contributed by atoms with van der Waals surface area (Å²) in [6, 6.07) is 4.93. The van der Waals surface area contributed by atoms with E-state index in [9.17, 15) is 0 Å². The average Bonchev–Trinajstić information content (AvgIpc) is 2.47. The number of fused-ring (bicyclic) bond motifs is 1. The van der Waals surface area contributed by atoms with Gasteiger partial charge in [0.2, 0.25) is 0 Å². The predicted octanol–water partition coefficient (Wildman–Crippen LogP) is 2.49. The van der Waals surface area contributed by atoms with E-state index in [2.05, 4.69) is 26.9 Å². The van der Waals surface area contributed by atoms with Gasteiger partial charge < -0.3 is 4.90 Å². The van der Waals surface area contributed by atoms with Crippen LogP contribution in [-0.4, -0.2) is 42.1 Å². The van der Waals surface area contributed by atoms with E-state index in [0.717, 1.165) is 30.5 Å². The fraction of sp³-hybridized carbons (Fsp3) is 0.643. The molecule has 1 unspecified atom stereocenters. The van der Waals surface area contributed by atoms with E-state index in [4.69, 9.17) is 11.6 Å². The molecule has 98 valence electrons. The molecule has 1 aromatic rings. The number of aromatic nitrogens is 1. The second kappa shape index (κ2) is 5.45. The maximum atomic E-state index is 5.80. The molecule has 0 aliphatic carbocycles. The van der Waals surface area contributed by atoms with Crippen LogP contribution in [0.25, 0.3) is 0 Å². The van der Waals surface area contributed by atoms with Crippen LogP contribution in [0.2, 0.25) is 0 Å². The maximum Gasteiger partial charge on any atom is 0.128 e. The first-order valence-corrected chi connectivity index (χ1v) is 7.40. The van der Waals surface area contributed by atoms with Crippen LogP contribution >= 0.6 is 11.6 Å². The van der Waals surface area contributed by atoms with Crippen molar-refractivity contribution in [1.82, 2.24) is 9.88 Å². The van der Waals surface area contributed by atoms with Crippen LogP contribution < -0.4 is 4.90 Å². The number of piperazine rings is 1. The molecular formula is C14H20ClN3. The van der Waals surface area contributed by atoms with Gasteiger partial charge in [-0.15, -0.1) is 11.6 Å². The van der Waals surface area contributed by atoms with Gasteiger partial charge in [-0.05, 0) is 31.0 Å². The molecule has 0 saturated carbocycles. The van der Waals surface area contributed by atoms with E-state index in [0.29, 0.717) is 5.88 Å². The molecule has 0 N–H and O–H groups in total. The Balaban J connectivity index is 1.69. The fourth-order valence-corrected chi connectivity index (χ4v) is 3.20. The van der Waals surface area contributed by atoms with E-state index in [-0.39, 0.29) is 0 Å². The lowest BCUT2D eigenvalue weighted by Crippen LogP contribution is -2.55. The maximum absolute atomic E-state index is 5.80. The number of rotatable bonds is 2. The number of piperidine rings is 1. The Hall–Kier alpha value is -0.800. The fourth-order valence-electron chi connectivity index (χ4n) is 3.05. The van der Waals surface area contributed by atoms with Crippen molar-refractivity contribution < 1.29 is 0 Å². The molecule has 0 spiro atoms. The number of pyridine rings is 1. The lowest BCUT2D eigenvalue weighted by Gasteiger charge is -2.44. The van der Waals surface area contributed by atoms with Crippen LogP contribution in [0.5, 0.6) is 0 Å². The van der Waals surface area contributed by atoms with Gasteiger partial charge in [0.25, 0.3) is 0 Å². The molecular weight excluding hydrogens is 246 g/mol. The summed E-state index contributed by atoms with van der Waals surface area (Å²) in [4.78, 5) is 9.60. The molecule has 0 radical (unpaired) electrons. The smallest absolute Gasteiger partial charge is 0.128 e. The van der Waals surface area contributed by atoms with Gasteiger partial charge in [0.15, 0.2) is 0 Å². The first kappa shape index (κ1) is 12.2. The van der Waals surface area contributed by atoms with Crippen LogP contribution in [0.4, 0.5) is 5.82 Å². The quantitative estimate of drug-likeness (QED) is 0.766. The minimum absolute atomic E-state index is 0.545. The Bertz CT molecular complexity index is 393. The van der Waals surface area contributed by atoms with Crippen LogP contribution in [0, 0.1) is 0 Å². The highest BCUT2D eigenvalue weighted by molar-refractivity contribution is 6.17. The standard InChI is InChI=1S/C14H20ClN3/c15-9-12-4-5-14(16-10-12)18-8-7-17-6-2-1-3-13(17)11-18/h4-5,10,13H,1-3,6-9,11H2. The molecule has 0 bridgehead atoms. The van der Waals surface area contributed by atoms with E-state index >= 15 is 0 Å². The number of nitrogens with zero attached hydrogens (tertiary/aromatic N) is 3. The molecule has 2 aliphatic rings. The molecule has 3 rings (SSSR count). The van der Waals surface area contributed by atoms with Crippen LogP contribution in [0.3, 0.4) is 0 Å². The average molecular weight is 266 g/mol. The minimum Gasteiger partial charge on any atom is -0.354 e. The highest BCUT2D eigenvalue weighted by Crippen LogP contribution is 2.24. The molecule has 1 atom stereocenters. The van der Waals surface area contributed by atoms with Gasteiger partial charge in [-0.1, -0.05) is 12.5 Å². The Morgan fingerprint density at radius 2 is 2.17 bits per heavy atom. The van der Waals surface area contributed by atoms with Gasteiger partial charge in [0.1, 0.15) is 5.82 Å². The Kier molecular flexibility index (Phi) is 3.71. The molecule has 2 saturated heterocycles. The van der Waals surface area contributed by atoms with Crippen molar-refractivity contribution in [3.63, 3.8) is 0 Å². The summed E-state index contributed by atoms with van der Waals surface area (Å²) < 4.78 is 0. The van der Waals surface area contributed by atoms with Gasteiger partial charge in [0.05, 0.1) is 0 Å². The van der Waals surface area contributed by atoms with E-state index in [1.54, 1.807) is 0 Å². The SMILES string of the molecule is ClCc1ccc(N2CCN3CCCCC3C2)nc1. The zero-order valence-electron chi connectivity index (χ0n) is 10.7. The third kappa shape index (κ3) is 2.47. The predicted molar refractivity (Wildman–Crippen MR) is 75.2 cm³/mol. The summed E-state index contributed by atoms with van der Waals surface area (Å²) in [6.07, 6.45) is 6.00. The van der Waals surface area contributed by atoms with Crippen LogP contribution in [-0.2, 0) is 5.88 Å². The van der Waals surface area contributed by atoms with Gasteiger partial charge >= 0.3 is 0 Å². The van der Waals surface area contributed by atoms with E-state index in [1.807, 2.05) is 6.20 Å². The molecule has 0 aromatic carbocycles. The monoisotopic (exact) mass is 265 g/mol. The van der Waals surface area contributed by atoms with Crippen LogP contribution in [0.1, 0.15) is 24.8 Å². The number of alkyl halides is 1. The summed E-state index contributed by atoms with van der Waals surface area (Å²) in [7, 11) is 0. The van der Waals surface area contributed by atoms with E-state index < -0.39 is 0 Å². The summed E-state index contributed by atoms with van der Waals surface area (Å²) in [5, 5.41) is 0. The molecule has 3 heterocycles. The zero-order chi connectivity index (χ0) is 12.4. The van der Waals surface area contributed by atoms with Crippen molar-refractivity contribution in [1.29, 1.82) is 0 Å². The lowest BCUT2D eigenvalue weighted by molar-refractivity contribution is 0.133. The van der Waals surface area contributed by atoms with E-state index in [1.165, 1.54) is 32.4 Å². The Labute approximate surface area is 114 Å². The number of hydrogen-bond donors (Lipinski definition) is 0. The Morgan fingerprint density at radius 3 is 2.94 bits per heavy atom. The van der Waals surface area contributed by atoms with Gasteiger partial charge in [-0.25, -0.2) is 4.98 Å². The second-order valence-corrected chi connectivity index (χ2v) is 5.56. The van der Waals surface area contributed by atoms with Gasteiger partial charge in [-0.2, -0.15) is 0 Å². The molecule has 1 aromatic heterocycles. The normalized spacial score (nSPS) is 24.9. The molecule has 4 heteroatoms. The third-order valence-electron chi connectivity index (χ3n) is 4.12. The largest absolute Gasteiger partial charge is 0.354 e. The zero-order valence-corrected chi connectivity index (χ0v) is 11.4. The Morgan fingerprint density at radius 1 is 1.22 bits per heavy atom. The summed E-state index contributed by atoms with van der Waals surface area (Å²) in [5.41, 5.74) is 1.09. The van der Waals surface area contributed by atoms with Crippen molar-refractivity contribution in [2.75, 3.05) is 31.1 Å². The molecule has 3 nitrogen and oxygen atoms in total. The summed E-state index contributed by atoms with van der Waals surface area (Å²) in [5.74, 6) is 1.65. The van der Waals surface area contributed by atoms with Crippen molar-refractivity contribution in [3.05, 3.63) is 23.9 Å². The number of anilines is 1. The van der Waals surface area contributed by atoms with Crippen molar-refractivity contribution in [2.45, 2.75) is 31.2 Å². The highest BCUT2D eigenvalue weighted by atomic mass is 35.5. The third-order valence-corrected chi connectivity index (χ3v) is 4.43. The highest BCUT2D eigenvalue weighted by Gasteiger charge is 2.29. The van der Waals surface area contributed by atoms with Gasteiger partial charge in [-0.3, -0.25) is 4.90 Å². The topological polar surface area (TPSA) is 19.4 Å². The van der Waals surface area contributed by atoms with Gasteiger partial charge in [0, 0.05) is 37.8 Å². The molecule has 18 heavy (non-hydrogen) atoms. The van der Waals surface area contributed by atoms with Crippen LogP contribution in [0.15, 0.2) is 18.3 Å². The second-order valence-electron chi connectivity index (χ2n) is 5.29. The number of halogens is 1. The molecule has 2 aliphatic heterocycles. The van der Waals surface area contributed by atoms with Crippen molar-refractivity contribution >= 4 is 17.4 Å². The van der Waals surface area contributed by atoms with Crippen molar-refractivity contribution in [3.8, 4) is 0 Å². The molecule has 0 amide bonds. The minimum atomic E-state index is 0.545. The first-order chi connectivity index (χ1) is 8.86. The number of hydrogen-bond acceptors (Lipinski definition) is 3. The summed E-state index contributed by atoms with van der Waals surface area (Å²) in [6.45, 7) is 4.71.